The Bertz CT molecular complexity index is 1990. The van der Waals surface area contributed by atoms with Gasteiger partial charge in [-0.2, -0.15) is 94.1 Å². The molecule has 6 rings (SSSR count). The molecule has 92 heavy (non-hydrogen) atoms. The van der Waals surface area contributed by atoms with Crippen LogP contribution in [-0.2, 0) is 87.7 Å². The number of carbonyl (C=O) groups is 8. The summed E-state index contributed by atoms with van der Waals surface area (Å²) in [5, 5.41) is 78.7. The number of hydrogen-bond donors (Lipinski definition) is 16. The van der Waals surface area contributed by atoms with Crippen molar-refractivity contribution in [3.05, 3.63) is 0 Å². The lowest BCUT2D eigenvalue weighted by molar-refractivity contribution is -0.138. The van der Waals surface area contributed by atoms with Crippen molar-refractivity contribution in [2.45, 2.75) is 96.7 Å². The van der Waals surface area contributed by atoms with Gasteiger partial charge < -0.3 is 136 Å². The van der Waals surface area contributed by atoms with Crippen LogP contribution in [0.4, 0.5) is 0 Å². The highest BCUT2D eigenvalue weighted by Crippen LogP contribution is 2.55. The van der Waals surface area contributed by atoms with Gasteiger partial charge in [-0.1, -0.05) is 0 Å². The van der Waals surface area contributed by atoms with Gasteiger partial charge in [-0.3, -0.25) is 38.4 Å². The number of carboxylic acids is 8. The monoisotopic (exact) mass is 1600 g/mol. The zero-order valence-corrected chi connectivity index (χ0v) is 63.7. The van der Waals surface area contributed by atoms with Crippen molar-refractivity contribution in [1.82, 2.24) is 0 Å². The summed E-state index contributed by atoms with van der Waals surface area (Å²) in [6.45, 7) is 0. The van der Waals surface area contributed by atoms with Crippen molar-refractivity contribution in [3.63, 3.8) is 0 Å². The van der Waals surface area contributed by atoms with Crippen LogP contribution in [0, 0.1) is 0 Å². The highest BCUT2D eigenvalue weighted by atomic mass is 32.2. The lowest BCUT2D eigenvalue weighted by Gasteiger charge is -2.63. The van der Waals surface area contributed by atoms with E-state index < -0.39 is 167 Å². The Labute approximate surface area is 571 Å². The van der Waals surface area contributed by atoms with Gasteiger partial charge in [0.1, 0.15) is 48.3 Å². The molecular formula is C40H80N8O28S8Si8. The van der Waals surface area contributed by atoms with Crippen LogP contribution >= 0.6 is 94.1 Å². The maximum atomic E-state index is 12.1. The Kier molecular flexibility index (Phi) is 33.3. The molecule has 0 amide bonds. The molecule has 8 bridgehead atoms. The predicted molar refractivity (Wildman–Crippen MR) is 361 cm³/mol. The molecule has 528 valence electrons. The van der Waals surface area contributed by atoms with E-state index in [-0.39, 0.29) is 140 Å². The van der Waals surface area contributed by atoms with Crippen LogP contribution in [0.5, 0.6) is 0 Å². The fourth-order valence-electron chi connectivity index (χ4n) is 8.40. The Morgan fingerprint density at radius 3 is 0.380 bits per heavy atom. The minimum absolute atomic E-state index is 0.0584. The fraction of sp³-hybridized carbons (Fsp3) is 0.800. The van der Waals surface area contributed by atoms with Crippen LogP contribution in [-0.4, -0.2) is 299 Å². The van der Waals surface area contributed by atoms with Crippen LogP contribution in [0.25, 0.3) is 0 Å². The Morgan fingerprint density at radius 2 is 0.304 bits per heavy atom. The van der Waals surface area contributed by atoms with Crippen LogP contribution in [0.2, 0.25) is 48.4 Å². The summed E-state index contributed by atoms with van der Waals surface area (Å²) in [6.07, 6.45) is 0. The van der Waals surface area contributed by atoms with Gasteiger partial charge in [-0.05, 0) is 46.0 Å². The summed E-state index contributed by atoms with van der Waals surface area (Å²) in [5.74, 6) is -12.3. The van der Waals surface area contributed by atoms with E-state index in [1.807, 2.05) is 0 Å². The van der Waals surface area contributed by atoms with Gasteiger partial charge in [-0.15, -0.1) is 0 Å². The molecule has 0 unspecified atom stereocenters. The molecule has 6 fully saturated rings. The third-order valence-electron chi connectivity index (χ3n) is 13.1. The first-order valence-electron chi connectivity index (χ1n) is 28.0. The molecule has 52 heteroatoms. The fourth-order valence-corrected chi connectivity index (χ4v) is 71.1. The van der Waals surface area contributed by atoms with Gasteiger partial charge in [0.05, 0.1) is 0 Å². The van der Waals surface area contributed by atoms with Gasteiger partial charge in [0, 0.05) is 94.4 Å². The van der Waals surface area contributed by atoms with Gasteiger partial charge in [0.25, 0.3) is 0 Å². The molecule has 0 aromatic heterocycles. The van der Waals surface area contributed by atoms with Crippen molar-refractivity contribution in [3.8, 4) is 0 Å². The van der Waals surface area contributed by atoms with E-state index in [9.17, 15) is 79.2 Å². The number of rotatable bonds is 48. The zero-order valence-electron chi connectivity index (χ0n) is 49.2. The van der Waals surface area contributed by atoms with E-state index in [2.05, 4.69) is 0 Å². The molecule has 0 spiro atoms. The minimum Gasteiger partial charge on any atom is -0.480 e. The predicted octanol–water partition coefficient (Wildman–Crippen LogP) is -3.07. The van der Waals surface area contributed by atoms with Gasteiger partial charge in [0.2, 0.25) is 0 Å². The third kappa shape index (κ3) is 25.0. The highest BCUT2D eigenvalue weighted by Gasteiger charge is 2.83. The standard InChI is InChI=1S/C40H80N8O28S8Si8/c41-25(33(49)50)17-77-1-9-85-65-86(10-2-78-18-26(42)34(51)52)68-89(13-5-81-21-29(45)37(57)58)70-87(66-85,11-3-79-19-27(43)35(53)54)72-91(15-7-83-23-31(47)39(61)62)73-88(67-85,12-4-80-20-28(44)36(55)56)71-90(69-86,14-6-82-22-30(46)38(59)60)75-92(74-89,76-91)16-8-84-24-32(48)40(63)64/h25-32H,1-24,41-48H2,(H,49,50)(H,51,52)(H,53,54)(H,55,56)(H,57,58)(H,59,60)(H,61,62)(H,63,64)/t25-,26-,27-,28-,29-,30-,31-,32-,85?,86?,87?,88?,89?,90?,91?,92?/m0/s1. The number of thioether (sulfide) groups is 8. The SMILES string of the molecule is N[C@@H](CSCC[Si]12O[Si]3(CCSC[C@H](N)C(=O)O)O[Si]4(CCSC[C@H](N)C(=O)O)O[Si](CCSC[C@H](N)C(=O)O)(O1)O[Si]1(CCSC[C@H](N)C(=O)O)O[Si](CCSC[C@H](N)C(=O)O)(O2)O[Si](CCSC[C@H](N)C(=O)O)(O3)O[Si](CCSC[C@H](N)C(=O)O)(O4)O1)C(=O)O. The van der Waals surface area contributed by atoms with E-state index in [0.717, 1.165) is 94.1 Å². The normalized spacial score (nSPS) is 30.9. The average Bonchev–Trinajstić information content (AvgIpc) is 0.689. The summed E-state index contributed by atoms with van der Waals surface area (Å²) in [6, 6.07) is -13.3. The topological polar surface area (TPSA) is 617 Å². The first-order chi connectivity index (χ1) is 43.1. The lowest BCUT2D eigenvalue weighted by Crippen LogP contribution is -2.88. The van der Waals surface area contributed by atoms with Crippen molar-refractivity contribution in [1.29, 1.82) is 0 Å². The quantitative estimate of drug-likeness (QED) is 0.0212. The first-order valence-corrected chi connectivity index (χ1v) is 52.7. The molecular weight excluding hydrogens is 1520 g/mol. The van der Waals surface area contributed by atoms with Crippen molar-refractivity contribution in [2.75, 3.05) is 92.0 Å². The summed E-state index contributed by atoms with van der Waals surface area (Å²) in [7, 11) is -40.0. The van der Waals surface area contributed by atoms with E-state index in [4.69, 9.17) is 95.3 Å². The third-order valence-corrected chi connectivity index (χ3v) is 61.4. The van der Waals surface area contributed by atoms with Crippen LogP contribution in [0.15, 0.2) is 0 Å². The minimum atomic E-state index is -5.00. The molecule has 24 N–H and O–H groups in total. The smallest absolute Gasteiger partial charge is 0.479 e. The molecule has 0 radical (unpaired) electrons. The van der Waals surface area contributed by atoms with E-state index >= 15 is 0 Å². The Balaban J connectivity index is 1.94. The van der Waals surface area contributed by atoms with Gasteiger partial charge >= 0.3 is 118 Å². The van der Waals surface area contributed by atoms with Gasteiger partial charge in [-0.25, -0.2) is 0 Å². The molecule has 6 aliphatic heterocycles. The molecule has 0 aromatic rings. The molecule has 0 aliphatic carbocycles. The second-order valence-electron chi connectivity index (χ2n) is 20.8. The molecule has 8 atom stereocenters. The summed E-state index contributed by atoms with van der Waals surface area (Å²) >= 11 is 8.50. The van der Waals surface area contributed by atoms with Crippen molar-refractivity contribution in [2.24, 2.45) is 45.9 Å². The largest absolute Gasteiger partial charge is 0.480 e. The molecule has 0 aromatic carbocycles. The summed E-state index contributed by atoms with van der Waals surface area (Å²) in [5.41, 5.74) is 48.1. The zero-order chi connectivity index (χ0) is 68.4. The Morgan fingerprint density at radius 1 is 0.217 bits per heavy atom. The number of nitrogens with two attached hydrogens (primary N) is 8. The Hall–Kier alpha value is -0.505. The summed E-state index contributed by atoms with van der Waals surface area (Å²) < 4.78 is 91.9. The second-order valence-corrected chi connectivity index (χ2v) is 54.8. The second kappa shape index (κ2) is 37.2. The number of hydrogen-bond acceptors (Lipinski definition) is 36. The molecule has 6 aliphatic rings. The summed E-state index contributed by atoms with van der Waals surface area (Å²) in [4.78, 5) is 96.7. The van der Waals surface area contributed by atoms with Crippen molar-refractivity contribution >= 4 is 212 Å². The highest BCUT2D eigenvalue weighted by molar-refractivity contribution is 8.01. The average molecular weight is 1600 g/mol. The van der Waals surface area contributed by atoms with E-state index in [1.54, 1.807) is 0 Å². The van der Waals surface area contributed by atoms with E-state index in [1.165, 1.54) is 0 Å². The molecule has 0 saturated carbocycles. The van der Waals surface area contributed by atoms with Crippen molar-refractivity contribution < 1.29 is 129 Å². The van der Waals surface area contributed by atoms with Crippen LogP contribution in [0.1, 0.15) is 0 Å². The number of carboxylic acid groups (broad SMARTS) is 8. The van der Waals surface area contributed by atoms with E-state index in [0.29, 0.717) is 0 Å². The molecule has 6 heterocycles. The van der Waals surface area contributed by atoms with Gasteiger partial charge in [0.15, 0.2) is 0 Å². The van der Waals surface area contributed by atoms with Crippen LogP contribution < -0.4 is 45.9 Å². The maximum Gasteiger partial charge on any atom is 0.479 e. The molecule has 36 nitrogen and oxygen atoms in total. The lowest BCUT2D eigenvalue weighted by atomic mass is 10.4. The maximum absolute atomic E-state index is 12.1. The first kappa shape index (κ1) is 82.2. The molecule has 6 saturated heterocycles. The number of aliphatic carboxylic acids is 8. The van der Waals surface area contributed by atoms with Crippen LogP contribution in [0.3, 0.4) is 0 Å².